The fraction of sp³-hybridized carbons (Fsp3) is 0.278. The molecule has 0 fully saturated rings. The van der Waals surface area contributed by atoms with E-state index in [2.05, 4.69) is 19.2 Å². The molecule has 0 heterocycles. The first-order valence-electron chi connectivity index (χ1n) is 7.58. The van der Waals surface area contributed by atoms with Gasteiger partial charge in [-0.25, -0.2) is 13.2 Å². The molecule has 3 N–H and O–H groups in total. The van der Waals surface area contributed by atoms with Crippen LogP contribution >= 0.6 is 0 Å². The van der Waals surface area contributed by atoms with Crippen LogP contribution in [0.2, 0.25) is 0 Å². The van der Waals surface area contributed by atoms with Crippen LogP contribution in [0.3, 0.4) is 0 Å². The van der Waals surface area contributed by atoms with Crippen LogP contribution in [0, 0.1) is 17.5 Å². The molecule has 0 aliphatic heterocycles. The third-order valence-electron chi connectivity index (χ3n) is 3.79. The van der Waals surface area contributed by atoms with Crippen LogP contribution in [0.15, 0.2) is 36.4 Å². The van der Waals surface area contributed by atoms with Gasteiger partial charge in [0.2, 0.25) is 0 Å². The largest absolute Gasteiger partial charge is 0.350 e. The maximum Gasteiger partial charge on any atom is 0.254 e. The molecule has 1 amide bonds. The molecule has 1 atom stereocenters. The molecular weight excluding hydrogens is 317 g/mol. The van der Waals surface area contributed by atoms with E-state index in [-0.39, 0.29) is 6.54 Å². The van der Waals surface area contributed by atoms with E-state index >= 15 is 0 Å². The Hall–Kier alpha value is -2.34. The Kier molecular flexibility index (Phi) is 5.62. The van der Waals surface area contributed by atoms with Crippen molar-refractivity contribution in [2.45, 2.75) is 25.8 Å². The van der Waals surface area contributed by atoms with Gasteiger partial charge in [-0.1, -0.05) is 38.1 Å². The summed E-state index contributed by atoms with van der Waals surface area (Å²) in [5, 5.41) is 2.43. The summed E-state index contributed by atoms with van der Waals surface area (Å²) in [4.78, 5) is 11.9. The van der Waals surface area contributed by atoms with E-state index in [9.17, 15) is 18.0 Å². The summed E-state index contributed by atoms with van der Waals surface area (Å²) in [6, 6.07) is 8.75. The van der Waals surface area contributed by atoms with Crippen LogP contribution in [0.1, 0.15) is 47.3 Å². The van der Waals surface area contributed by atoms with Crippen molar-refractivity contribution in [3.8, 4) is 0 Å². The molecule has 0 aromatic heterocycles. The summed E-state index contributed by atoms with van der Waals surface area (Å²) in [6.45, 7) is 4.19. The van der Waals surface area contributed by atoms with E-state index in [1.54, 1.807) is 0 Å². The summed E-state index contributed by atoms with van der Waals surface area (Å²) in [6.07, 6.45) is 0. The number of halogens is 3. The fourth-order valence-electron chi connectivity index (χ4n) is 2.25. The number of benzene rings is 2. The Morgan fingerprint density at radius 2 is 1.58 bits per heavy atom. The Bertz CT molecular complexity index is 730. The Morgan fingerprint density at radius 1 is 1.00 bits per heavy atom. The van der Waals surface area contributed by atoms with E-state index in [4.69, 9.17) is 5.73 Å². The lowest BCUT2D eigenvalue weighted by molar-refractivity contribution is 0.0946. The van der Waals surface area contributed by atoms with E-state index in [0.717, 1.165) is 11.6 Å². The molecule has 0 radical (unpaired) electrons. The molecule has 128 valence electrons. The highest BCUT2D eigenvalue weighted by Crippen LogP contribution is 2.18. The molecule has 2 aromatic carbocycles. The third-order valence-corrected chi connectivity index (χ3v) is 3.79. The molecule has 1 unspecified atom stereocenters. The Morgan fingerprint density at radius 3 is 2.17 bits per heavy atom. The van der Waals surface area contributed by atoms with Crippen molar-refractivity contribution in [1.29, 1.82) is 0 Å². The summed E-state index contributed by atoms with van der Waals surface area (Å²) < 4.78 is 39.6. The van der Waals surface area contributed by atoms with E-state index < -0.39 is 35.0 Å². The Labute approximate surface area is 138 Å². The zero-order valence-electron chi connectivity index (χ0n) is 13.4. The zero-order valence-corrected chi connectivity index (χ0v) is 13.4. The molecule has 0 aliphatic rings. The number of rotatable bonds is 5. The number of hydrogen-bond donors (Lipinski definition) is 2. The summed E-state index contributed by atoms with van der Waals surface area (Å²) in [7, 11) is 0. The van der Waals surface area contributed by atoms with Crippen LogP contribution in [0.4, 0.5) is 13.2 Å². The minimum atomic E-state index is -1.67. The van der Waals surface area contributed by atoms with Gasteiger partial charge in [-0.3, -0.25) is 4.79 Å². The number of amides is 1. The first-order chi connectivity index (χ1) is 11.3. The molecule has 0 aliphatic carbocycles. The van der Waals surface area contributed by atoms with Crippen molar-refractivity contribution in [3.63, 3.8) is 0 Å². The lowest BCUT2D eigenvalue weighted by Gasteiger charge is -2.15. The molecule has 2 aromatic rings. The van der Waals surface area contributed by atoms with Gasteiger partial charge < -0.3 is 11.1 Å². The van der Waals surface area contributed by atoms with Gasteiger partial charge >= 0.3 is 0 Å². The van der Waals surface area contributed by atoms with Gasteiger partial charge in [0.1, 0.15) is 0 Å². The molecule has 3 nitrogen and oxygen atoms in total. The summed E-state index contributed by atoms with van der Waals surface area (Å²) in [5.41, 5.74) is 7.41. The average molecular weight is 336 g/mol. The third kappa shape index (κ3) is 3.94. The van der Waals surface area contributed by atoms with Gasteiger partial charge in [0.25, 0.3) is 5.91 Å². The van der Waals surface area contributed by atoms with Gasteiger partial charge in [0.15, 0.2) is 17.5 Å². The quantitative estimate of drug-likeness (QED) is 0.819. The fourth-order valence-corrected chi connectivity index (χ4v) is 2.25. The highest BCUT2D eigenvalue weighted by molar-refractivity contribution is 5.94. The van der Waals surface area contributed by atoms with E-state index in [1.807, 2.05) is 24.3 Å². The van der Waals surface area contributed by atoms with Crippen molar-refractivity contribution in [3.05, 3.63) is 70.5 Å². The first kappa shape index (κ1) is 18.0. The molecule has 0 saturated heterocycles. The number of carbonyl (C=O) groups excluding carboxylic acids is 1. The lowest BCUT2D eigenvalue weighted by atomic mass is 9.99. The molecule has 2 rings (SSSR count). The second-order valence-electron chi connectivity index (χ2n) is 5.86. The average Bonchev–Trinajstić information content (AvgIpc) is 2.57. The van der Waals surface area contributed by atoms with Crippen molar-refractivity contribution >= 4 is 5.91 Å². The number of carbonyl (C=O) groups is 1. The van der Waals surface area contributed by atoms with E-state index in [1.165, 1.54) is 5.56 Å². The van der Waals surface area contributed by atoms with Crippen LogP contribution in [0.25, 0.3) is 0 Å². The minimum Gasteiger partial charge on any atom is -0.350 e. The van der Waals surface area contributed by atoms with Crippen LogP contribution in [0.5, 0.6) is 0 Å². The predicted octanol–water partition coefficient (Wildman–Crippen LogP) is 3.66. The minimum absolute atomic E-state index is 0.0400. The van der Waals surface area contributed by atoms with Crippen molar-refractivity contribution in [2.24, 2.45) is 5.73 Å². The van der Waals surface area contributed by atoms with Crippen molar-refractivity contribution in [1.82, 2.24) is 5.32 Å². The maximum absolute atomic E-state index is 13.6. The highest BCUT2D eigenvalue weighted by atomic mass is 19.2. The first-order valence-corrected chi connectivity index (χ1v) is 7.58. The number of nitrogens with two attached hydrogens (primary N) is 1. The smallest absolute Gasteiger partial charge is 0.254 e. The second kappa shape index (κ2) is 7.49. The monoisotopic (exact) mass is 336 g/mol. The SMILES string of the molecule is CC(C)c1ccc(C(N)CNC(=O)c2ccc(F)c(F)c2F)cc1. The van der Waals surface area contributed by atoms with Gasteiger partial charge in [-0.05, 0) is 29.2 Å². The van der Waals surface area contributed by atoms with Gasteiger partial charge in [0, 0.05) is 12.6 Å². The van der Waals surface area contributed by atoms with Crippen LogP contribution in [-0.4, -0.2) is 12.5 Å². The normalized spacial score (nSPS) is 12.3. The van der Waals surface area contributed by atoms with Crippen molar-refractivity contribution in [2.75, 3.05) is 6.54 Å². The predicted molar refractivity (Wildman–Crippen MR) is 86.1 cm³/mol. The lowest BCUT2D eigenvalue weighted by Crippen LogP contribution is -2.32. The Balaban J connectivity index is 2.02. The highest BCUT2D eigenvalue weighted by Gasteiger charge is 2.19. The molecular formula is C18H19F3N2O. The van der Waals surface area contributed by atoms with E-state index in [0.29, 0.717) is 12.0 Å². The van der Waals surface area contributed by atoms with Gasteiger partial charge in [-0.2, -0.15) is 0 Å². The zero-order chi connectivity index (χ0) is 17.9. The van der Waals surface area contributed by atoms with Gasteiger partial charge in [0.05, 0.1) is 5.56 Å². The van der Waals surface area contributed by atoms with Crippen molar-refractivity contribution < 1.29 is 18.0 Å². The summed E-state index contributed by atoms with van der Waals surface area (Å²) in [5.74, 6) is -4.98. The topological polar surface area (TPSA) is 55.1 Å². The molecule has 6 heteroatoms. The van der Waals surface area contributed by atoms with Crippen LogP contribution in [-0.2, 0) is 0 Å². The number of nitrogens with one attached hydrogen (secondary N) is 1. The molecule has 0 spiro atoms. The van der Waals surface area contributed by atoms with Crippen LogP contribution < -0.4 is 11.1 Å². The van der Waals surface area contributed by atoms with Gasteiger partial charge in [-0.15, -0.1) is 0 Å². The summed E-state index contributed by atoms with van der Waals surface area (Å²) >= 11 is 0. The standard InChI is InChI=1S/C18H19F3N2O/c1-10(2)11-3-5-12(6-4-11)15(22)9-23-18(24)13-7-8-14(19)17(21)16(13)20/h3-8,10,15H,9,22H2,1-2H3,(H,23,24). The second-order valence-corrected chi connectivity index (χ2v) is 5.86. The molecule has 0 bridgehead atoms. The maximum atomic E-state index is 13.6. The molecule has 24 heavy (non-hydrogen) atoms. The molecule has 0 saturated carbocycles. The number of hydrogen-bond acceptors (Lipinski definition) is 2.